The molecule has 5 nitrogen and oxygen atoms in total. The maximum absolute atomic E-state index is 5.67. The third-order valence-corrected chi connectivity index (χ3v) is 2.80. The Balaban J connectivity index is 1.95. The van der Waals surface area contributed by atoms with Gasteiger partial charge in [0, 0.05) is 29.8 Å². The lowest BCUT2D eigenvalue weighted by molar-refractivity contribution is 0.805. The number of nitrogens with two attached hydrogens (primary N) is 1. The molecule has 0 unspecified atom stereocenters. The van der Waals surface area contributed by atoms with Crippen LogP contribution in [-0.4, -0.2) is 19.7 Å². The number of nitrogen functional groups attached to an aromatic ring is 1. The second-order valence-corrected chi connectivity index (χ2v) is 4.36. The SMILES string of the molecule is Cc1cnc(-n2cc(-c3ccc(N)cc3)cn2)nc1. The first-order valence-corrected chi connectivity index (χ1v) is 5.92. The average Bonchev–Trinajstić information content (AvgIpc) is 2.90. The maximum Gasteiger partial charge on any atom is 0.250 e. The Morgan fingerprint density at radius 3 is 2.32 bits per heavy atom. The maximum atomic E-state index is 5.67. The Hall–Kier alpha value is -2.69. The summed E-state index contributed by atoms with van der Waals surface area (Å²) in [6.45, 7) is 1.95. The van der Waals surface area contributed by atoms with Crippen LogP contribution < -0.4 is 5.73 Å². The summed E-state index contributed by atoms with van der Waals surface area (Å²) in [5.74, 6) is 0.562. The topological polar surface area (TPSA) is 69.6 Å². The molecule has 3 aromatic rings. The van der Waals surface area contributed by atoms with Gasteiger partial charge in [0.15, 0.2) is 0 Å². The highest BCUT2D eigenvalue weighted by Crippen LogP contribution is 2.20. The fourth-order valence-corrected chi connectivity index (χ4v) is 1.76. The molecule has 2 N–H and O–H groups in total. The Kier molecular flexibility index (Phi) is 2.72. The van der Waals surface area contributed by atoms with E-state index >= 15 is 0 Å². The zero-order valence-electron chi connectivity index (χ0n) is 10.5. The lowest BCUT2D eigenvalue weighted by atomic mass is 10.1. The number of hydrogen-bond donors (Lipinski definition) is 1. The van der Waals surface area contributed by atoms with E-state index < -0.39 is 0 Å². The van der Waals surface area contributed by atoms with Crippen LogP contribution in [0.25, 0.3) is 17.1 Å². The molecule has 5 heteroatoms. The van der Waals surface area contributed by atoms with Gasteiger partial charge in [0.25, 0.3) is 0 Å². The van der Waals surface area contributed by atoms with E-state index in [-0.39, 0.29) is 0 Å². The third-order valence-electron chi connectivity index (χ3n) is 2.80. The van der Waals surface area contributed by atoms with Gasteiger partial charge in [-0.2, -0.15) is 5.10 Å². The predicted molar refractivity (Wildman–Crippen MR) is 73.7 cm³/mol. The zero-order chi connectivity index (χ0) is 13.2. The first-order chi connectivity index (χ1) is 9.22. The van der Waals surface area contributed by atoms with Crippen LogP contribution in [0.3, 0.4) is 0 Å². The van der Waals surface area contributed by atoms with Crippen LogP contribution in [0, 0.1) is 6.92 Å². The van der Waals surface area contributed by atoms with Gasteiger partial charge in [-0.25, -0.2) is 14.6 Å². The molecule has 0 saturated carbocycles. The standard InChI is InChI=1S/C14H13N5/c1-10-6-16-14(17-7-10)19-9-12(8-18-19)11-2-4-13(15)5-3-11/h2-9H,15H2,1H3. The highest BCUT2D eigenvalue weighted by molar-refractivity contribution is 5.64. The molecule has 0 atom stereocenters. The van der Waals surface area contributed by atoms with Gasteiger partial charge in [-0.05, 0) is 30.2 Å². The van der Waals surface area contributed by atoms with Crippen LogP contribution in [0.5, 0.6) is 0 Å². The fraction of sp³-hybridized carbons (Fsp3) is 0.0714. The van der Waals surface area contributed by atoms with Crippen molar-refractivity contribution in [1.82, 2.24) is 19.7 Å². The third kappa shape index (κ3) is 2.30. The quantitative estimate of drug-likeness (QED) is 0.709. The molecular weight excluding hydrogens is 238 g/mol. The lowest BCUT2D eigenvalue weighted by Gasteiger charge is -1.99. The van der Waals surface area contributed by atoms with Gasteiger partial charge >= 0.3 is 0 Å². The van der Waals surface area contributed by atoms with Crippen LogP contribution in [0.2, 0.25) is 0 Å². The van der Waals surface area contributed by atoms with Crippen molar-refractivity contribution < 1.29 is 0 Å². The molecule has 0 radical (unpaired) electrons. The smallest absolute Gasteiger partial charge is 0.250 e. The van der Waals surface area contributed by atoms with Gasteiger partial charge in [0.1, 0.15) is 0 Å². The van der Waals surface area contributed by atoms with E-state index in [0.717, 1.165) is 22.4 Å². The van der Waals surface area contributed by atoms with Crippen molar-refractivity contribution in [2.75, 3.05) is 5.73 Å². The van der Waals surface area contributed by atoms with E-state index in [0.29, 0.717) is 5.95 Å². The van der Waals surface area contributed by atoms with Gasteiger partial charge in [-0.15, -0.1) is 0 Å². The first kappa shape index (κ1) is 11.4. The molecule has 1 aromatic carbocycles. The largest absolute Gasteiger partial charge is 0.399 e. The number of rotatable bonds is 2. The van der Waals surface area contributed by atoms with Gasteiger partial charge in [0.05, 0.1) is 6.20 Å². The van der Waals surface area contributed by atoms with E-state index in [1.807, 2.05) is 37.4 Å². The number of aromatic nitrogens is 4. The Labute approximate surface area is 110 Å². The van der Waals surface area contributed by atoms with Crippen LogP contribution >= 0.6 is 0 Å². The highest BCUT2D eigenvalue weighted by Gasteiger charge is 2.05. The van der Waals surface area contributed by atoms with E-state index in [9.17, 15) is 0 Å². The number of aryl methyl sites for hydroxylation is 1. The van der Waals surface area contributed by atoms with Crippen molar-refractivity contribution >= 4 is 5.69 Å². The molecule has 0 spiro atoms. The molecule has 0 aliphatic heterocycles. The molecule has 2 heterocycles. The molecule has 19 heavy (non-hydrogen) atoms. The summed E-state index contributed by atoms with van der Waals surface area (Å²) in [4.78, 5) is 8.48. The number of benzene rings is 1. The van der Waals surface area contributed by atoms with Crippen LogP contribution in [0.4, 0.5) is 5.69 Å². The Morgan fingerprint density at radius 1 is 0.947 bits per heavy atom. The molecule has 0 bridgehead atoms. The molecule has 2 aromatic heterocycles. The zero-order valence-corrected chi connectivity index (χ0v) is 10.5. The van der Waals surface area contributed by atoms with Crippen molar-refractivity contribution in [2.24, 2.45) is 0 Å². The second-order valence-electron chi connectivity index (χ2n) is 4.36. The minimum absolute atomic E-state index is 0.562. The van der Waals surface area contributed by atoms with Gasteiger partial charge in [-0.1, -0.05) is 12.1 Å². The van der Waals surface area contributed by atoms with Crippen molar-refractivity contribution in [3.8, 4) is 17.1 Å². The highest BCUT2D eigenvalue weighted by atomic mass is 15.3. The number of nitrogens with zero attached hydrogens (tertiary/aromatic N) is 4. The minimum Gasteiger partial charge on any atom is -0.399 e. The van der Waals surface area contributed by atoms with E-state index in [4.69, 9.17) is 5.73 Å². The average molecular weight is 251 g/mol. The molecule has 0 aliphatic carbocycles. The van der Waals surface area contributed by atoms with Crippen LogP contribution in [0.1, 0.15) is 5.56 Å². The Morgan fingerprint density at radius 2 is 1.63 bits per heavy atom. The van der Waals surface area contributed by atoms with Crippen molar-refractivity contribution in [3.63, 3.8) is 0 Å². The summed E-state index contributed by atoms with van der Waals surface area (Å²) < 4.78 is 1.66. The van der Waals surface area contributed by atoms with E-state index in [2.05, 4.69) is 15.1 Å². The summed E-state index contributed by atoms with van der Waals surface area (Å²) in [6.07, 6.45) is 7.23. The van der Waals surface area contributed by atoms with Gasteiger partial charge < -0.3 is 5.73 Å². The molecular formula is C14H13N5. The van der Waals surface area contributed by atoms with Crippen molar-refractivity contribution in [3.05, 3.63) is 54.6 Å². The van der Waals surface area contributed by atoms with Crippen LogP contribution in [-0.2, 0) is 0 Å². The Bertz CT molecular complexity index is 623. The predicted octanol–water partition coefficient (Wildman–Crippen LogP) is 2.22. The van der Waals surface area contributed by atoms with Crippen molar-refractivity contribution in [1.29, 1.82) is 0 Å². The summed E-state index contributed by atoms with van der Waals surface area (Å²) in [6, 6.07) is 7.67. The molecule has 0 saturated heterocycles. The number of hydrogen-bond acceptors (Lipinski definition) is 4. The summed E-state index contributed by atoms with van der Waals surface area (Å²) in [7, 11) is 0. The molecule has 0 aliphatic rings. The molecule has 3 rings (SSSR count). The molecule has 0 amide bonds. The van der Waals surface area contributed by atoms with E-state index in [1.165, 1.54) is 0 Å². The summed E-state index contributed by atoms with van der Waals surface area (Å²) >= 11 is 0. The molecule has 0 fully saturated rings. The fourth-order valence-electron chi connectivity index (χ4n) is 1.76. The van der Waals surface area contributed by atoms with Crippen LogP contribution in [0.15, 0.2) is 49.1 Å². The van der Waals surface area contributed by atoms with Gasteiger partial charge in [-0.3, -0.25) is 0 Å². The summed E-state index contributed by atoms with van der Waals surface area (Å²) in [5.41, 5.74) is 9.51. The normalized spacial score (nSPS) is 10.6. The second kappa shape index (κ2) is 4.53. The number of anilines is 1. The van der Waals surface area contributed by atoms with E-state index in [1.54, 1.807) is 23.3 Å². The summed E-state index contributed by atoms with van der Waals surface area (Å²) in [5, 5.41) is 4.28. The minimum atomic E-state index is 0.562. The first-order valence-electron chi connectivity index (χ1n) is 5.92. The lowest BCUT2D eigenvalue weighted by Crippen LogP contribution is -2.00. The molecule has 94 valence electrons. The monoisotopic (exact) mass is 251 g/mol. The van der Waals surface area contributed by atoms with Gasteiger partial charge in [0.2, 0.25) is 5.95 Å². The van der Waals surface area contributed by atoms with Crippen molar-refractivity contribution in [2.45, 2.75) is 6.92 Å².